The van der Waals surface area contributed by atoms with Gasteiger partial charge < -0.3 is 5.32 Å². The zero-order valence-corrected chi connectivity index (χ0v) is 12.0. The fraction of sp³-hybridized carbons (Fsp3) is 0.357. The van der Waals surface area contributed by atoms with Gasteiger partial charge in [-0.3, -0.25) is 4.79 Å². The van der Waals surface area contributed by atoms with Crippen molar-refractivity contribution in [2.75, 3.05) is 5.32 Å². The van der Waals surface area contributed by atoms with Crippen molar-refractivity contribution < 1.29 is 4.79 Å². The average molecular weight is 327 g/mol. The molecule has 2 bridgehead atoms. The fourth-order valence-electron chi connectivity index (χ4n) is 2.90. The molecule has 1 N–H and O–H groups in total. The number of carbonyl (C=O) groups is 1. The monoisotopic (exact) mass is 325 g/mol. The predicted molar refractivity (Wildman–Crippen MR) is 76.6 cm³/mol. The summed E-state index contributed by atoms with van der Waals surface area (Å²) < 4.78 is 0.860. The van der Waals surface area contributed by atoms with E-state index in [4.69, 9.17) is 11.6 Å². The lowest BCUT2D eigenvalue weighted by Crippen LogP contribution is -2.26. The first-order chi connectivity index (χ1) is 8.63. The Hall–Kier alpha value is -0.800. The molecule has 0 heterocycles. The maximum atomic E-state index is 12.3. The van der Waals surface area contributed by atoms with Crippen LogP contribution in [0.1, 0.15) is 12.8 Å². The summed E-state index contributed by atoms with van der Waals surface area (Å²) in [7, 11) is 0. The van der Waals surface area contributed by atoms with Crippen molar-refractivity contribution in [1.82, 2.24) is 0 Å². The SMILES string of the molecule is O=C(Nc1cc(Cl)ccc1Br)C1CC2C=CC1C2. The summed E-state index contributed by atoms with van der Waals surface area (Å²) in [6.07, 6.45) is 6.54. The first kappa shape index (κ1) is 12.2. The molecule has 3 rings (SSSR count). The highest BCUT2D eigenvalue weighted by atomic mass is 79.9. The van der Waals surface area contributed by atoms with E-state index in [-0.39, 0.29) is 11.8 Å². The van der Waals surface area contributed by atoms with Gasteiger partial charge in [0.25, 0.3) is 0 Å². The number of benzene rings is 1. The van der Waals surface area contributed by atoms with Crippen LogP contribution in [-0.2, 0) is 4.79 Å². The minimum atomic E-state index is 0.106. The number of anilines is 1. The number of fused-ring (bicyclic) bond motifs is 2. The molecule has 94 valence electrons. The summed E-state index contributed by atoms with van der Waals surface area (Å²) in [6, 6.07) is 5.41. The van der Waals surface area contributed by atoms with Gasteiger partial charge in [0.2, 0.25) is 5.91 Å². The summed E-state index contributed by atoms with van der Waals surface area (Å²) in [6.45, 7) is 0. The van der Waals surface area contributed by atoms with Gasteiger partial charge in [0.05, 0.1) is 5.69 Å². The fourth-order valence-corrected chi connectivity index (χ4v) is 3.42. The third-order valence-electron chi connectivity index (χ3n) is 3.80. The van der Waals surface area contributed by atoms with Gasteiger partial charge in [0, 0.05) is 15.4 Å². The molecular weight excluding hydrogens is 314 g/mol. The first-order valence-electron chi connectivity index (χ1n) is 6.08. The summed E-state index contributed by atoms with van der Waals surface area (Å²) in [5.74, 6) is 1.25. The van der Waals surface area contributed by atoms with Crippen LogP contribution in [0.25, 0.3) is 0 Å². The summed E-state index contributed by atoms with van der Waals surface area (Å²) in [4.78, 5) is 12.3. The Morgan fingerprint density at radius 1 is 1.33 bits per heavy atom. The highest BCUT2D eigenvalue weighted by Gasteiger charge is 2.39. The van der Waals surface area contributed by atoms with Gasteiger partial charge in [-0.25, -0.2) is 0 Å². The molecule has 1 aromatic carbocycles. The first-order valence-corrected chi connectivity index (χ1v) is 7.25. The zero-order chi connectivity index (χ0) is 12.7. The number of hydrogen-bond donors (Lipinski definition) is 1. The van der Waals surface area contributed by atoms with Crippen LogP contribution in [0.2, 0.25) is 5.02 Å². The van der Waals surface area contributed by atoms with Crippen molar-refractivity contribution in [3.05, 3.63) is 39.8 Å². The van der Waals surface area contributed by atoms with E-state index in [1.54, 1.807) is 12.1 Å². The Kier molecular flexibility index (Phi) is 3.20. The van der Waals surface area contributed by atoms with Crippen molar-refractivity contribution in [1.29, 1.82) is 0 Å². The van der Waals surface area contributed by atoms with Crippen LogP contribution in [0.5, 0.6) is 0 Å². The summed E-state index contributed by atoms with van der Waals surface area (Å²) >= 11 is 9.36. The topological polar surface area (TPSA) is 29.1 Å². The van der Waals surface area contributed by atoms with Gasteiger partial charge in [-0.1, -0.05) is 23.8 Å². The molecule has 1 fully saturated rings. The van der Waals surface area contributed by atoms with Gasteiger partial charge in [-0.2, -0.15) is 0 Å². The average Bonchev–Trinajstić information content (AvgIpc) is 2.96. The molecule has 0 aliphatic heterocycles. The Morgan fingerprint density at radius 3 is 2.83 bits per heavy atom. The Labute approximate surface area is 120 Å². The maximum Gasteiger partial charge on any atom is 0.228 e. The van der Waals surface area contributed by atoms with Crippen molar-refractivity contribution in [2.24, 2.45) is 17.8 Å². The molecule has 2 aliphatic carbocycles. The van der Waals surface area contributed by atoms with Crippen LogP contribution in [0.15, 0.2) is 34.8 Å². The van der Waals surface area contributed by atoms with Crippen molar-refractivity contribution in [3.8, 4) is 0 Å². The number of amides is 1. The molecule has 4 heteroatoms. The van der Waals surface area contributed by atoms with E-state index in [1.807, 2.05) is 6.07 Å². The van der Waals surface area contributed by atoms with E-state index in [0.29, 0.717) is 16.9 Å². The maximum absolute atomic E-state index is 12.3. The molecule has 3 atom stereocenters. The van der Waals surface area contributed by atoms with Crippen LogP contribution >= 0.6 is 27.5 Å². The largest absolute Gasteiger partial charge is 0.325 e. The lowest BCUT2D eigenvalue weighted by atomic mass is 9.93. The summed E-state index contributed by atoms with van der Waals surface area (Å²) in [5, 5.41) is 3.60. The van der Waals surface area contributed by atoms with Gasteiger partial charge in [0.1, 0.15) is 0 Å². The highest BCUT2D eigenvalue weighted by molar-refractivity contribution is 9.10. The molecule has 1 saturated carbocycles. The minimum absolute atomic E-state index is 0.106. The molecule has 2 aliphatic rings. The van der Waals surface area contributed by atoms with E-state index < -0.39 is 0 Å². The van der Waals surface area contributed by atoms with Crippen LogP contribution in [0, 0.1) is 17.8 Å². The van der Waals surface area contributed by atoms with Crippen molar-refractivity contribution in [2.45, 2.75) is 12.8 Å². The smallest absolute Gasteiger partial charge is 0.228 e. The molecule has 2 nitrogen and oxygen atoms in total. The normalized spacial score (nSPS) is 28.7. The number of hydrogen-bond acceptors (Lipinski definition) is 1. The molecule has 0 aromatic heterocycles. The number of allylic oxidation sites excluding steroid dienone is 2. The lowest BCUT2D eigenvalue weighted by Gasteiger charge is -2.18. The molecule has 0 saturated heterocycles. The quantitative estimate of drug-likeness (QED) is 0.809. The van der Waals surface area contributed by atoms with E-state index in [9.17, 15) is 4.79 Å². The predicted octanol–water partition coefficient (Wildman–Crippen LogP) is 4.25. The lowest BCUT2D eigenvalue weighted by molar-refractivity contribution is -0.120. The Bertz CT molecular complexity index is 529. The van der Waals surface area contributed by atoms with Crippen molar-refractivity contribution >= 4 is 39.1 Å². The third kappa shape index (κ3) is 2.21. The highest BCUT2D eigenvalue weighted by Crippen LogP contribution is 2.44. The van der Waals surface area contributed by atoms with E-state index in [2.05, 4.69) is 33.4 Å². The number of carbonyl (C=O) groups excluding carboxylic acids is 1. The van der Waals surface area contributed by atoms with Gasteiger partial charge in [-0.05, 0) is 58.8 Å². The van der Waals surface area contributed by atoms with E-state index in [0.717, 1.165) is 23.0 Å². The van der Waals surface area contributed by atoms with Crippen LogP contribution in [-0.4, -0.2) is 5.91 Å². The third-order valence-corrected chi connectivity index (χ3v) is 4.73. The minimum Gasteiger partial charge on any atom is -0.325 e. The number of rotatable bonds is 2. The number of halogens is 2. The Morgan fingerprint density at radius 2 is 2.17 bits per heavy atom. The van der Waals surface area contributed by atoms with Crippen molar-refractivity contribution in [3.63, 3.8) is 0 Å². The van der Waals surface area contributed by atoms with Crippen LogP contribution in [0.3, 0.4) is 0 Å². The molecule has 0 radical (unpaired) electrons. The standard InChI is InChI=1S/C14H13BrClNO/c15-12-4-3-10(16)7-13(12)17-14(18)11-6-8-1-2-9(11)5-8/h1-4,7-9,11H,5-6H2,(H,17,18). The van der Waals surface area contributed by atoms with E-state index in [1.165, 1.54) is 0 Å². The molecule has 3 unspecified atom stereocenters. The zero-order valence-electron chi connectivity index (χ0n) is 9.70. The molecule has 0 spiro atoms. The molecule has 1 aromatic rings. The number of nitrogens with one attached hydrogen (secondary N) is 1. The van der Waals surface area contributed by atoms with Gasteiger partial charge >= 0.3 is 0 Å². The second-order valence-electron chi connectivity index (χ2n) is 5.00. The molecular formula is C14H13BrClNO. The van der Waals surface area contributed by atoms with Crippen LogP contribution < -0.4 is 5.32 Å². The van der Waals surface area contributed by atoms with Gasteiger partial charge in [-0.15, -0.1) is 0 Å². The Balaban J connectivity index is 1.75. The second kappa shape index (κ2) is 4.71. The second-order valence-corrected chi connectivity index (χ2v) is 6.29. The van der Waals surface area contributed by atoms with E-state index >= 15 is 0 Å². The van der Waals surface area contributed by atoms with Gasteiger partial charge in [0.15, 0.2) is 0 Å². The summed E-state index contributed by atoms with van der Waals surface area (Å²) in [5.41, 5.74) is 0.749. The van der Waals surface area contributed by atoms with Crippen LogP contribution in [0.4, 0.5) is 5.69 Å². The molecule has 1 amide bonds. The molecule has 18 heavy (non-hydrogen) atoms.